The predicted molar refractivity (Wildman–Crippen MR) is 79.9 cm³/mol. The van der Waals surface area contributed by atoms with Gasteiger partial charge in [-0.05, 0) is 5.56 Å². The van der Waals surface area contributed by atoms with Gasteiger partial charge < -0.3 is 4.90 Å². The average molecular weight is 251 g/mol. The number of rotatable bonds is 4. The molecule has 2 aromatic carbocycles. The molecule has 0 bridgehead atoms. The molecule has 0 amide bonds. The molecule has 0 aliphatic heterocycles. The van der Waals surface area contributed by atoms with E-state index in [0.29, 0.717) is 12.5 Å². The fraction of sp³-hybridized carbons (Fsp3) is 0.125. The van der Waals surface area contributed by atoms with Crippen LogP contribution in [0.4, 0.5) is 0 Å². The van der Waals surface area contributed by atoms with Crippen molar-refractivity contribution in [1.82, 2.24) is 4.90 Å². The van der Waals surface area contributed by atoms with Gasteiger partial charge in [-0.3, -0.25) is 10.4 Å². The summed E-state index contributed by atoms with van der Waals surface area (Å²) in [7, 11) is 1.87. The molecule has 0 atom stereocenters. The quantitative estimate of drug-likeness (QED) is 0.658. The predicted octanol–water partition coefficient (Wildman–Crippen LogP) is 3.02. The van der Waals surface area contributed by atoms with Gasteiger partial charge in [0.25, 0.3) is 0 Å². The topological polar surface area (TPSA) is 39.5 Å². The van der Waals surface area contributed by atoms with Crippen LogP contribution in [0.5, 0.6) is 0 Å². The van der Waals surface area contributed by atoms with E-state index in [0.717, 1.165) is 11.1 Å². The Morgan fingerprint density at radius 1 is 1.05 bits per heavy atom. The Kier molecular flexibility index (Phi) is 4.45. The van der Waals surface area contributed by atoms with Gasteiger partial charge in [-0.2, -0.15) is 0 Å². The fourth-order valence-corrected chi connectivity index (χ4v) is 1.69. The zero-order valence-electron chi connectivity index (χ0n) is 11.0. The first-order valence-electron chi connectivity index (χ1n) is 6.17. The van der Waals surface area contributed by atoms with Gasteiger partial charge in [0, 0.05) is 18.8 Å². The summed E-state index contributed by atoms with van der Waals surface area (Å²) in [6.45, 7) is 0.475. The molecule has 0 aliphatic carbocycles. The number of hydrogen-bond acceptors (Lipinski definition) is 2. The van der Waals surface area contributed by atoms with E-state index >= 15 is 0 Å². The van der Waals surface area contributed by atoms with Gasteiger partial charge in [0.15, 0.2) is 0 Å². The van der Waals surface area contributed by atoms with Crippen LogP contribution >= 0.6 is 0 Å². The molecule has 0 unspecified atom stereocenters. The van der Waals surface area contributed by atoms with E-state index in [1.165, 1.54) is 0 Å². The maximum absolute atomic E-state index is 8.07. The van der Waals surface area contributed by atoms with Gasteiger partial charge in [-0.1, -0.05) is 60.7 Å². The molecule has 1 N–H and O–H groups in total. The molecular formula is C16H17N3. The third kappa shape index (κ3) is 3.78. The highest BCUT2D eigenvalue weighted by atomic mass is 15.2. The lowest BCUT2D eigenvalue weighted by Crippen LogP contribution is -2.26. The summed E-state index contributed by atoms with van der Waals surface area (Å²) >= 11 is 0. The third-order valence-electron chi connectivity index (χ3n) is 2.76. The van der Waals surface area contributed by atoms with Crippen LogP contribution in [0.15, 0.2) is 65.7 Å². The van der Waals surface area contributed by atoms with Gasteiger partial charge in [0.05, 0.1) is 0 Å². The number of aliphatic imine (C=N–C) groups is 1. The summed E-state index contributed by atoms with van der Waals surface area (Å²) in [4.78, 5) is 6.16. The number of benzene rings is 2. The second-order valence-corrected chi connectivity index (χ2v) is 4.28. The van der Waals surface area contributed by atoms with Crippen LogP contribution in [0.2, 0.25) is 0 Å². The first-order valence-corrected chi connectivity index (χ1v) is 6.17. The lowest BCUT2D eigenvalue weighted by Gasteiger charge is -2.17. The van der Waals surface area contributed by atoms with Crippen molar-refractivity contribution in [3.63, 3.8) is 0 Å². The molecule has 0 radical (unpaired) electrons. The summed E-state index contributed by atoms with van der Waals surface area (Å²) in [6.07, 6.45) is 1.83. The van der Waals surface area contributed by atoms with Crippen molar-refractivity contribution in [2.45, 2.75) is 0 Å². The zero-order valence-corrected chi connectivity index (χ0v) is 11.0. The van der Waals surface area contributed by atoms with Crippen LogP contribution in [-0.4, -0.2) is 30.7 Å². The van der Waals surface area contributed by atoms with Gasteiger partial charge in [0.1, 0.15) is 12.5 Å². The van der Waals surface area contributed by atoms with Gasteiger partial charge in [0.2, 0.25) is 0 Å². The van der Waals surface area contributed by atoms with Gasteiger partial charge in [-0.25, -0.2) is 0 Å². The Morgan fingerprint density at radius 3 is 2.26 bits per heavy atom. The van der Waals surface area contributed by atoms with E-state index in [1.54, 1.807) is 0 Å². The average Bonchev–Trinajstić information content (AvgIpc) is 2.48. The Labute approximate surface area is 113 Å². The van der Waals surface area contributed by atoms with Crippen molar-refractivity contribution in [2.24, 2.45) is 4.99 Å². The highest BCUT2D eigenvalue weighted by molar-refractivity contribution is 5.96. The van der Waals surface area contributed by atoms with Crippen LogP contribution in [0, 0.1) is 5.41 Å². The third-order valence-corrected chi connectivity index (χ3v) is 2.76. The second kappa shape index (κ2) is 6.50. The summed E-state index contributed by atoms with van der Waals surface area (Å²) in [6, 6.07) is 19.6. The monoisotopic (exact) mass is 251 g/mol. The van der Waals surface area contributed by atoms with Crippen LogP contribution < -0.4 is 0 Å². The maximum atomic E-state index is 8.07. The maximum Gasteiger partial charge on any atom is 0.129 e. The Bertz CT molecular complexity index is 547. The Hall–Kier alpha value is -2.42. The molecule has 19 heavy (non-hydrogen) atoms. The van der Waals surface area contributed by atoms with Crippen LogP contribution in [0.3, 0.4) is 0 Å². The summed E-state index contributed by atoms with van der Waals surface area (Å²) in [5, 5.41) is 8.07. The Morgan fingerprint density at radius 2 is 1.63 bits per heavy atom. The molecule has 0 heterocycles. The highest BCUT2D eigenvalue weighted by Crippen LogP contribution is 2.03. The number of hydrogen-bond donors (Lipinski definition) is 1. The molecule has 2 aromatic rings. The van der Waals surface area contributed by atoms with Crippen molar-refractivity contribution in [2.75, 3.05) is 13.7 Å². The second-order valence-electron chi connectivity index (χ2n) is 4.28. The number of amidine groups is 1. The van der Waals surface area contributed by atoms with Crippen LogP contribution in [0.25, 0.3) is 0 Å². The molecule has 96 valence electrons. The van der Waals surface area contributed by atoms with Crippen molar-refractivity contribution in [3.8, 4) is 0 Å². The summed E-state index contributed by atoms with van der Waals surface area (Å²) < 4.78 is 0. The lowest BCUT2D eigenvalue weighted by atomic mass is 10.2. The molecule has 0 saturated carbocycles. The van der Waals surface area contributed by atoms with E-state index in [2.05, 4.69) is 4.99 Å². The summed E-state index contributed by atoms with van der Waals surface area (Å²) in [5.41, 5.74) is 1.97. The standard InChI is InChI=1S/C16H17N3/c1-19(16(17)15-10-6-3-7-11-15)13-18-12-14-8-4-2-5-9-14/h2-12,17H,13H2,1H3/b17-16?,18-12+. The van der Waals surface area contributed by atoms with Crippen molar-refractivity contribution in [3.05, 3.63) is 71.8 Å². The molecular weight excluding hydrogens is 234 g/mol. The van der Waals surface area contributed by atoms with Crippen LogP contribution in [-0.2, 0) is 0 Å². The lowest BCUT2D eigenvalue weighted by molar-refractivity contribution is 0.522. The summed E-state index contributed by atoms with van der Waals surface area (Å²) in [5.74, 6) is 0.478. The van der Waals surface area contributed by atoms with Gasteiger partial charge >= 0.3 is 0 Å². The minimum atomic E-state index is 0.475. The van der Waals surface area contributed by atoms with Crippen molar-refractivity contribution in [1.29, 1.82) is 5.41 Å². The SMILES string of the molecule is CN(C/N=C/c1ccccc1)C(=N)c1ccccc1. The normalized spacial score (nSPS) is 10.6. The molecule has 0 aliphatic rings. The van der Waals surface area contributed by atoms with Gasteiger partial charge in [-0.15, -0.1) is 0 Å². The van der Waals surface area contributed by atoms with Crippen molar-refractivity contribution < 1.29 is 0 Å². The molecule has 0 fully saturated rings. The van der Waals surface area contributed by atoms with Crippen molar-refractivity contribution >= 4 is 12.1 Å². The minimum absolute atomic E-state index is 0.475. The van der Waals surface area contributed by atoms with E-state index in [9.17, 15) is 0 Å². The number of nitrogens with one attached hydrogen (secondary N) is 1. The van der Waals surface area contributed by atoms with E-state index < -0.39 is 0 Å². The van der Waals surface area contributed by atoms with Crippen LogP contribution in [0.1, 0.15) is 11.1 Å². The molecule has 0 aromatic heterocycles. The highest BCUT2D eigenvalue weighted by Gasteiger charge is 2.04. The molecule has 2 rings (SSSR count). The zero-order chi connectivity index (χ0) is 13.5. The molecule has 0 saturated heterocycles. The van der Waals surface area contributed by atoms with E-state index in [1.807, 2.05) is 78.8 Å². The fourth-order valence-electron chi connectivity index (χ4n) is 1.69. The van der Waals surface area contributed by atoms with E-state index in [4.69, 9.17) is 5.41 Å². The largest absolute Gasteiger partial charge is 0.340 e. The molecule has 3 nitrogen and oxygen atoms in total. The minimum Gasteiger partial charge on any atom is -0.340 e. The first-order chi connectivity index (χ1) is 9.27. The first kappa shape index (κ1) is 13.0. The van der Waals surface area contributed by atoms with E-state index in [-0.39, 0.29) is 0 Å². The molecule has 0 spiro atoms. The molecule has 3 heteroatoms. The smallest absolute Gasteiger partial charge is 0.129 e. The number of nitrogens with zero attached hydrogens (tertiary/aromatic N) is 2. The Balaban J connectivity index is 1.93.